The number of carbonyl (C=O) groups excluding carboxylic acids is 3. The average molecular weight is 446 g/mol. The molecular weight excluding hydrogens is 424 g/mol. The van der Waals surface area contributed by atoms with Gasteiger partial charge in [0.1, 0.15) is 12.1 Å². The zero-order chi connectivity index (χ0) is 22.9. The standard InChI is InChI=1S/C16H22N4O9S/c17-30(28,29)10-3-1-9(2-4-10)14(25)19-12(8-22)16(27)20-11(7-21)15(26)18-6-5-13(23)24/h1-4,11-12,21-22H,5-8H2,(H,18,26)(H,19,25)(H,20,27)(H,23,24)(H2,17,28,29)/t11-,12-/m0/s1. The number of carbonyl (C=O) groups is 4. The number of aliphatic hydroxyl groups excluding tert-OH is 2. The van der Waals surface area contributed by atoms with Crippen molar-refractivity contribution >= 4 is 33.7 Å². The van der Waals surface area contributed by atoms with E-state index >= 15 is 0 Å². The first kappa shape index (κ1) is 25.0. The minimum atomic E-state index is -3.95. The average Bonchev–Trinajstić information content (AvgIpc) is 2.68. The van der Waals surface area contributed by atoms with Gasteiger partial charge in [-0.05, 0) is 24.3 Å². The topological polar surface area (TPSA) is 225 Å². The van der Waals surface area contributed by atoms with Gasteiger partial charge in [-0.15, -0.1) is 0 Å². The van der Waals surface area contributed by atoms with Crippen molar-refractivity contribution in [3.05, 3.63) is 29.8 Å². The van der Waals surface area contributed by atoms with Crippen LogP contribution >= 0.6 is 0 Å². The van der Waals surface area contributed by atoms with Crippen molar-refractivity contribution in [2.75, 3.05) is 19.8 Å². The lowest BCUT2D eigenvalue weighted by Crippen LogP contribution is -2.56. The second-order valence-electron chi connectivity index (χ2n) is 5.96. The predicted octanol–water partition coefficient (Wildman–Crippen LogP) is -3.51. The maximum atomic E-state index is 12.2. The maximum Gasteiger partial charge on any atom is 0.305 e. The first-order valence-corrected chi connectivity index (χ1v) is 9.99. The fraction of sp³-hybridized carbons (Fsp3) is 0.375. The number of nitrogens with one attached hydrogen (secondary N) is 3. The minimum absolute atomic E-state index is 0.0289. The summed E-state index contributed by atoms with van der Waals surface area (Å²) in [5.74, 6) is -3.81. The van der Waals surface area contributed by atoms with Crippen LogP contribution in [0.5, 0.6) is 0 Å². The minimum Gasteiger partial charge on any atom is -0.481 e. The quantitative estimate of drug-likeness (QED) is 0.179. The third-order valence-electron chi connectivity index (χ3n) is 3.70. The molecule has 0 saturated heterocycles. The van der Waals surface area contributed by atoms with Gasteiger partial charge in [-0.25, -0.2) is 13.6 Å². The number of carboxylic acids is 1. The lowest BCUT2D eigenvalue weighted by molar-refractivity contribution is -0.137. The molecule has 8 N–H and O–H groups in total. The highest BCUT2D eigenvalue weighted by molar-refractivity contribution is 7.89. The van der Waals surface area contributed by atoms with Gasteiger partial charge in [0.2, 0.25) is 21.8 Å². The fourth-order valence-corrected chi connectivity index (χ4v) is 2.63. The summed E-state index contributed by atoms with van der Waals surface area (Å²) in [7, 11) is -3.95. The molecule has 13 nitrogen and oxygen atoms in total. The molecule has 0 heterocycles. The van der Waals surface area contributed by atoms with E-state index in [1.165, 1.54) is 0 Å². The number of rotatable bonds is 11. The van der Waals surface area contributed by atoms with Crippen LogP contribution in [-0.4, -0.2) is 79.3 Å². The van der Waals surface area contributed by atoms with Gasteiger partial charge in [-0.3, -0.25) is 19.2 Å². The molecule has 0 saturated carbocycles. The SMILES string of the molecule is NS(=O)(=O)c1ccc(C(=O)N[C@@H](CO)C(=O)N[C@@H](CO)C(=O)NCCC(=O)O)cc1. The molecule has 0 bridgehead atoms. The van der Waals surface area contributed by atoms with Crippen LogP contribution in [0, 0.1) is 0 Å². The number of sulfonamides is 1. The van der Waals surface area contributed by atoms with Crippen LogP contribution in [0.3, 0.4) is 0 Å². The summed E-state index contributed by atoms with van der Waals surface area (Å²) in [6, 6.07) is 1.53. The van der Waals surface area contributed by atoms with Gasteiger partial charge in [0.15, 0.2) is 0 Å². The Kier molecular flexibility index (Phi) is 9.32. The Morgan fingerprint density at radius 1 is 0.933 bits per heavy atom. The number of hydrogen-bond donors (Lipinski definition) is 7. The third kappa shape index (κ3) is 7.75. The van der Waals surface area contributed by atoms with E-state index < -0.39 is 59.0 Å². The van der Waals surface area contributed by atoms with Crippen LogP contribution < -0.4 is 21.1 Å². The maximum absolute atomic E-state index is 12.2. The summed E-state index contributed by atoms with van der Waals surface area (Å²) in [6.07, 6.45) is -0.364. The highest BCUT2D eigenvalue weighted by Gasteiger charge is 2.26. The van der Waals surface area contributed by atoms with Crippen molar-refractivity contribution in [3.63, 3.8) is 0 Å². The molecule has 2 atom stereocenters. The lowest BCUT2D eigenvalue weighted by Gasteiger charge is -2.20. The molecule has 0 aliphatic heterocycles. The number of amides is 3. The fourth-order valence-electron chi connectivity index (χ4n) is 2.11. The van der Waals surface area contributed by atoms with Gasteiger partial charge in [0.05, 0.1) is 24.5 Å². The zero-order valence-electron chi connectivity index (χ0n) is 15.6. The van der Waals surface area contributed by atoms with Crippen LogP contribution in [0.2, 0.25) is 0 Å². The Bertz CT molecular complexity index is 886. The van der Waals surface area contributed by atoms with Gasteiger partial charge < -0.3 is 31.3 Å². The van der Waals surface area contributed by atoms with Gasteiger partial charge in [0.25, 0.3) is 5.91 Å². The van der Waals surface area contributed by atoms with Crippen LogP contribution in [0.1, 0.15) is 16.8 Å². The number of carboxylic acid groups (broad SMARTS) is 1. The van der Waals surface area contributed by atoms with E-state index in [1.54, 1.807) is 0 Å². The molecule has 3 amide bonds. The van der Waals surface area contributed by atoms with Crippen molar-refractivity contribution in [2.45, 2.75) is 23.4 Å². The molecule has 0 aromatic heterocycles. The number of nitrogens with two attached hydrogens (primary N) is 1. The van der Waals surface area contributed by atoms with E-state index in [0.29, 0.717) is 0 Å². The van der Waals surface area contributed by atoms with Gasteiger partial charge in [0, 0.05) is 12.1 Å². The van der Waals surface area contributed by atoms with E-state index in [4.69, 9.17) is 10.2 Å². The van der Waals surface area contributed by atoms with E-state index in [9.17, 15) is 37.8 Å². The number of hydrogen-bond acceptors (Lipinski definition) is 8. The molecule has 0 unspecified atom stereocenters. The van der Waals surface area contributed by atoms with Crippen LogP contribution in [0.25, 0.3) is 0 Å². The molecule has 0 fully saturated rings. The van der Waals surface area contributed by atoms with Crippen LogP contribution in [0.4, 0.5) is 0 Å². The summed E-state index contributed by atoms with van der Waals surface area (Å²) in [5, 5.41) is 38.6. The largest absolute Gasteiger partial charge is 0.481 e. The van der Waals surface area contributed by atoms with E-state index in [0.717, 1.165) is 24.3 Å². The molecule has 0 radical (unpaired) electrons. The number of aliphatic hydroxyl groups is 2. The second kappa shape index (κ2) is 11.2. The van der Waals surface area contributed by atoms with Crippen LogP contribution in [-0.2, 0) is 24.4 Å². The molecule has 1 aromatic rings. The highest BCUT2D eigenvalue weighted by Crippen LogP contribution is 2.09. The number of aliphatic carboxylic acids is 1. The smallest absolute Gasteiger partial charge is 0.305 e. The van der Waals surface area contributed by atoms with E-state index in [-0.39, 0.29) is 23.4 Å². The molecule has 30 heavy (non-hydrogen) atoms. The summed E-state index contributed by atoms with van der Waals surface area (Å²) < 4.78 is 22.4. The highest BCUT2D eigenvalue weighted by atomic mass is 32.2. The first-order valence-electron chi connectivity index (χ1n) is 8.45. The van der Waals surface area contributed by atoms with Crippen molar-refractivity contribution in [1.29, 1.82) is 0 Å². The number of benzene rings is 1. The van der Waals surface area contributed by atoms with Crippen molar-refractivity contribution in [3.8, 4) is 0 Å². The monoisotopic (exact) mass is 446 g/mol. The van der Waals surface area contributed by atoms with Gasteiger partial charge >= 0.3 is 5.97 Å². The Morgan fingerprint density at radius 3 is 1.93 bits per heavy atom. The zero-order valence-corrected chi connectivity index (χ0v) is 16.4. The Hall–Kier alpha value is -3.07. The Morgan fingerprint density at radius 2 is 1.47 bits per heavy atom. The van der Waals surface area contributed by atoms with Gasteiger partial charge in [-0.1, -0.05) is 0 Å². The molecule has 0 aliphatic rings. The van der Waals surface area contributed by atoms with Crippen molar-refractivity contribution < 1.29 is 42.9 Å². The lowest BCUT2D eigenvalue weighted by atomic mass is 10.2. The normalized spacial score (nSPS) is 13.0. The molecular formula is C16H22N4O9S. The Labute approximate surface area is 171 Å². The molecule has 166 valence electrons. The molecule has 1 aromatic carbocycles. The summed E-state index contributed by atoms with van der Waals surface area (Å²) in [4.78, 5) is 46.5. The van der Waals surface area contributed by atoms with Gasteiger partial charge in [-0.2, -0.15) is 0 Å². The second-order valence-corrected chi connectivity index (χ2v) is 7.52. The third-order valence-corrected chi connectivity index (χ3v) is 4.63. The van der Waals surface area contributed by atoms with Crippen LogP contribution in [0.15, 0.2) is 29.2 Å². The Balaban J connectivity index is 2.73. The number of primary sulfonamides is 1. The van der Waals surface area contributed by atoms with E-state index in [1.807, 2.05) is 0 Å². The first-order chi connectivity index (χ1) is 14.0. The molecule has 1 rings (SSSR count). The van der Waals surface area contributed by atoms with E-state index in [2.05, 4.69) is 16.0 Å². The summed E-state index contributed by atoms with van der Waals surface area (Å²) in [5.41, 5.74) is -0.0289. The van der Waals surface area contributed by atoms with Crippen molar-refractivity contribution in [2.24, 2.45) is 5.14 Å². The molecule has 0 aliphatic carbocycles. The molecule has 0 spiro atoms. The summed E-state index contributed by atoms with van der Waals surface area (Å²) >= 11 is 0. The predicted molar refractivity (Wildman–Crippen MR) is 100 cm³/mol. The summed E-state index contributed by atoms with van der Waals surface area (Å²) in [6.45, 7) is -1.88. The molecule has 14 heteroatoms. The van der Waals surface area contributed by atoms with Crippen molar-refractivity contribution in [1.82, 2.24) is 16.0 Å².